The van der Waals surface area contributed by atoms with Crippen LogP contribution >= 0.6 is 0 Å². The van der Waals surface area contributed by atoms with Gasteiger partial charge in [-0.15, -0.1) is 0 Å². The lowest BCUT2D eigenvalue weighted by atomic mass is 9.99. The number of rotatable bonds is 2. The van der Waals surface area contributed by atoms with Crippen molar-refractivity contribution in [2.75, 3.05) is 13.2 Å². The highest BCUT2D eigenvalue weighted by molar-refractivity contribution is 4.72. The summed E-state index contributed by atoms with van der Waals surface area (Å²) in [7, 11) is 0. The standard InChI is InChI=1S/C6H11O2/c1-2-6(7)5-3-8-4-5/h5-6H,2-4H2,1H3. The van der Waals surface area contributed by atoms with Crippen LogP contribution in [0.25, 0.3) is 0 Å². The molecule has 1 atom stereocenters. The maximum Gasteiger partial charge on any atom is 0.0999 e. The van der Waals surface area contributed by atoms with E-state index in [9.17, 15) is 5.11 Å². The molecule has 2 nitrogen and oxygen atoms in total. The van der Waals surface area contributed by atoms with Gasteiger partial charge in [-0.2, -0.15) is 0 Å². The smallest absolute Gasteiger partial charge is 0.0999 e. The molecule has 1 aliphatic heterocycles. The van der Waals surface area contributed by atoms with E-state index in [0.29, 0.717) is 19.1 Å². The van der Waals surface area contributed by atoms with Crippen LogP contribution in [0, 0.1) is 5.92 Å². The third-order valence-corrected chi connectivity index (χ3v) is 1.59. The van der Waals surface area contributed by atoms with E-state index in [4.69, 9.17) is 4.74 Å². The Morgan fingerprint density at radius 3 is 2.50 bits per heavy atom. The lowest BCUT2D eigenvalue weighted by Crippen LogP contribution is -2.36. The topological polar surface area (TPSA) is 29.1 Å². The predicted octanol–water partition coefficient (Wildman–Crippen LogP) is 0.842. The summed E-state index contributed by atoms with van der Waals surface area (Å²) < 4.78 is 4.86. The fraction of sp³-hybridized carbons (Fsp3) is 1.00. The molecule has 0 bridgehead atoms. The van der Waals surface area contributed by atoms with Crippen LogP contribution in [0.2, 0.25) is 0 Å². The SMILES string of the molecule is CCC([O])C1COC1. The summed E-state index contributed by atoms with van der Waals surface area (Å²) in [6.07, 6.45) is 0.373. The van der Waals surface area contributed by atoms with Gasteiger partial charge in [-0.3, -0.25) is 0 Å². The minimum absolute atomic E-state index is 0.319. The van der Waals surface area contributed by atoms with E-state index in [-0.39, 0.29) is 6.10 Å². The minimum atomic E-state index is -0.372. The number of hydrogen-bond donors (Lipinski definition) is 0. The lowest BCUT2D eigenvalue weighted by molar-refractivity contribution is -0.112. The Balaban J connectivity index is 2.13. The molecule has 47 valence electrons. The summed E-state index contributed by atoms with van der Waals surface area (Å²) in [5, 5.41) is 10.8. The van der Waals surface area contributed by atoms with Gasteiger partial charge in [0, 0.05) is 5.92 Å². The minimum Gasteiger partial charge on any atom is -0.380 e. The third-order valence-electron chi connectivity index (χ3n) is 1.59. The van der Waals surface area contributed by atoms with Gasteiger partial charge in [-0.25, -0.2) is 5.11 Å². The fourth-order valence-corrected chi connectivity index (χ4v) is 0.802. The second kappa shape index (κ2) is 2.46. The van der Waals surface area contributed by atoms with Gasteiger partial charge in [0.25, 0.3) is 0 Å². The Labute approximate surface area is 49.5 Å². The molecule has 1 radical (unpaired) electrons. The molecule has 1 aliphatic rings. The van der Waals surface area contributed by atoms with Gasteiger partial charge < -0.3 is 4.74 Å². The first-order valence-corrected chi connectivity index (χ1v) is 3.08. The molecule has 0 spiro atoms. The van der Waals surface area contributed by atoms with Crippen molar-refractivity contribution >= 4 is 0 Å². The predicted molar refractivity (Wildman–Crippen MR) is 29.1 cm³/mol. The van der Waals surface area contributed by atoms with Crippen LogP contribution in [-0.4, -0.2) is 19.3 Å². The van der Waals surface area contributed by atoms with Gasteiger partial charge in [0.2, 0.25) is 0 Å². The van der Waals surface area contributed by atoms with Crippen molar-refractivity contribution in [1.29, 1.82) is 0 Å². The average molecular weight is 115 g/mol. The quantitative estimate of drug-likeness (QED) is 0.524. The molecule has 1 heterocycles. The summed E-state index contributed by atoms with van der Waals surface area (Å²) in [5.74, 6) is 0.319. The van der Waals surface area contributed by atoms with Crippen LogP contribution in [0.4, 0.5) is 0 Å². The van der Waals surface area contributed by atoms with Crippen LogP contribution in [0.15, 0.2) is 0 Å². The van der Waals surface area contributed by atoms with Gasteiger partial charge in [0.05, 0.1) is 19.3 Å². The zero-order chi connectivity index (χ0) is 5.98. The van der Waals surface area contributed by atoms with Crippen molar-refractivity contribution in [1.82, 2.24) is 0 Å². The summed E-state index contributed by atoms with van der Waals surface area (Å²) in [6, 6.07) is 0. The van der Waals surface area contributed by atoms with Crippen LogP contribution in [-0.2, 0) is 9.84 Å². The maximum atomic E-state index is 10.8. The molecule has 0 saturated carbocycles. The largest absolute Gasteiger partial charge is 0.380 e. The molecule has 8 heavy (non-hydrogen) atoms. The van der Waals surface area contributed by atoms with Crippen LogP contribution < -0.4 is 0 Å². The summed E-state index contributed by atoms with van der Waals surface area (Å²) in [4.78, 5) is 0. The van der Waals surface area contributed by atoms with Crippen molar-refractivity contribution in [3.63, 3.8) is 0 Å². The molecular weight excluding hydrogens is 104 g/mol. The molecule has 0 aromatic heterocycles. The highest BCUT2D eigenvalue weighted by atomic mass is 16.5. The van der Waals surface area contributed by atoms with Crippen LogP contribution in [0.5, 0.6) is 0 Å². The van der Waals surface area contributed by atoms with E-state index in [0.717, 1.165) is 6.42 Å². The second-order valence-electron chi connectivity index (χ2n) is 2.24. The van der Waals surface area contributed by atoms with E-state index in [1.807, 2.05) is 6.92 Å². The summed E-state index contributed by atoms with van der Waals surface area (Å²) in [5.41, 5.74) is 0. The zero-order valence-electron chi connectivity index (χ0n) is 5.09. The van der Waals surface area contributed by atoms with Gasteiger partial charge in [0.15, 0.2) is 0 Å². The first kappa shape index (κ1) is 6.05. The third kappa shape index (κ3) is 1.01. The fourth-order valence-electron chi connectivity index (χ4n) is 0.802. The van der Waals surface area contributed by atoms with Crippen molar-refractivity contribution < 1.29 is 9.84 Å². The highest BCUT2D eigenvalue weighted by Gasteiger charge is 2.26. The van der Waals surface area contributed by atoms with Crippen molar-refractivity contribution in [2.45, 2.75) is 19.4 Å². The Morgan fingerprint density at radius 2 is 2.38 bits per heavy atom. The van der Waals surface area contributed by atoms with Crippen LogP contribution in [0.1, 0.15) is 13.3 Å². The average Bonchev–Trinajstić information content (AvgIpc) is 1.62. The van der Waals surface area contributed by atoms with E-state index < -0.39 is 0 Å². The number of hydrogen-bond acceptors (Lipinski definition) is 1. The molecule has 2 heteroatoms. The first-order chi connectivity index (χ1) is 3.84. The number of ether oxygens (including phenoxy) is 1. The van der Waals surface area contributed by atoms with Gasteiger partial charge in [-0.1, -0.05) is 6.92 Å². The Bertz CT molecular complexity index is 66.2. The second-order valence-corrected chi connectivity index (χ2v) is 2.24. The molecule has 1 saturated heterocycles. The Hall–Kier alpha value is -0.0800. The summed E-state index contributed by atoms with van der Waals surface area (Å²) >= 11 is 0. The molecule has 0 N–H and O–H groups in total. The molecule has 1 unspecified atom stereocenters. The normalized spacial score (nSPS) is 24.8. The molecule has 0 amide bonds. The van der Waals surface area contributed by atoms with Crippen molar-refractivity contribution in [2.24, 2.45) is 5.92 Å². The Kier molecular flexibility index (Phi) is 1.86. The molecule has 0 aliphatic carbocycles. The van der Waals surface area contributed by atoms with Gasteiger partial charge >= 0.3 is 0 Å². The summed E-state index contributed by atoms with van der Waals surface area (Å²) in [6.45, 7) is 3.32. The van der Waals surface area contributed by atoms with Crippen molar-refractivity contribution in [3.8, 4) is 0 Å². The molecule has 0 aromatic rings. The first-order valence-electron chi connectivity index (χ1n) is 3.08. The van der Waals surface area contributed by atoms with E-state index in [1.54, 1.807) is 0 Å². The van der Waals surface area contributed by atoms with Gasteiger partial charge in [-0.05, 0) is 6.42 Å². The van der Waals surface area contributed by atoms with Crippen molar-refractivity contribution in [3.05, 3.63) is 0 Å². The molecule has 1 rings (SSSR count). The maximum absolute atomic E-state index is 10.8. The van der Waals surface area contributed by atoms with Gasteiger partial charge in [0.1, 0.15) is 0 Å². The monoisotopic (exact) mass is 115 g/mol. The highest BCUT2D eigenvalue weighted by Crippen LogP contribution is 2.16. The van der Waals surface area contributed by atoms with E-state index in [2.05, 4.69) is 0 Å². The molecule has 0 aromatic carbocycles. The zero-order valence-corrected chi connectivity index (χ0v) is 5.09. The van der Waals surface area contributed by atoms with E-state index in [1.165, 1.54) is 0 Å². The molecule has 1 fully saturated rings. The lowest BCUT2D eigenvalue weighted by Gasteiger charge is -2.28. The van der Waals surface area contributed by atoms with Crippen LogP contribution in [0.3, 0.4) is 0 Å². The molecular formula is C6H11O2. The van der Waals surface area contributed by atoms with E-state index >= 15 is 0 Å². The Morgan fingerprint density at radius 1 is 1.75 bits per heavy atom.